The molecule has 0 saturated heterocycles. The summed E-state index contributed by atoms with van der Waals surface area (Å²) < 4.78 is 0. The second-order valence-corrected chi connectivity index (χ2v) is 3.44. The summed E-state index contributed by atoms with van der Waals surface area (Å²) in [6.07, 6.45) is 2.75. The van der Waals surface area contributed by atoms with Gasteiger partial charge in [0.2, 0.25) is 0 Å². The number of aromatic nitrogens is 2. The van der Waals surface area contributed by atoms with E-state index in [9.17, 15) is 4.79 Å². The molecule has 0 spiro atoms. The first-order valence-electron chi connectivity index (χ1n) is 4.80. The van der Waals surface area contributed by atoms with Gasteiger partial charge in [0.1, 0.15) is 0 Å². The van der Waals surface area contributed by atoms with Gasteiger partial charge in [-0.2, -0.15) is 10.2 Å². The zero-order valence-corrected chi connectivity index (χ0v) is 8.71. The van der Waals surface area contributed by atoms with Gasteiger partial charge >= 0.3 is 5.97 Å². The Labute approximate surface area is 92.6 Å². The maximum Gasteiger partial charge on any atom is 0.338 e. The standard InChI is InChI=1S/C12H10N2O2/c1-8-4-2-3-5-9(8)10-6-13-14-7-11(10)12(15)16/h2-7H,1H3,(H,15,16). The Morgan fingerprint density at radius 3 is 2.50 bits per heavy atom. The summed E-state index contributed by atoms with van der Waals surface area (Å²) in [7, 11) is 0. The molecule has 1 aromatic carbocycles. The Morgan fingerprint density at radius 2 is 1.81 bits per heavy atom. The zero-order valence-electron chi connectivity index (χ0n) is 8.71. The fourth-order valence-electron chi connectivity index (χ4n) is 1.58. The van der Waals surface area contributed by atoms with E-state index in [4.69, 9.17) is 5.11 Å². The highest BCUT2D eigenvalue weighted by molar-refractivity contribution is 5.95. The predicted molar refractivity (Wildman–Crippen MR) is 59.2 cm³/mol. The molecule has 1 heterocycles. The first-order valence-corrected chi connectivity index (χ1v) is 4.80. The van der Waals surface area contributed by atoms with Crippen LogP contribution in [0.25, 0.3) is 11.1 Å². The monoisotopic (exact) mass is 214 g/mol. The summed E-state index contributed by atoms with van der Waals surface area (Å²) in [6.45, 7) is 1.93. The van der Waals surface area contributed by atoms with Crippen LogP contribution in [0.2, 0.25) is 0 Å². The lowest BCUT2D eigenvalue weighted by Gasteiger charge is -2.07. The molecule has 1 N–H and O–H groups in total. The van der Waals surface area contributed by atoms with Crippen LogP contribution in [-0.4, -0.2) is 21.3 Å². The van der Waals surface area contributed by atoms with Crippen LogP contribution < -0.4 is 0 Å². The Hall–Kier alpha value is -2.23. The lowest BCUT2D eigenvalue weighted by atomic mass is 9.99. The SMILES string of the molecule is Cc1ccccc1-c1cnncc1C(=O)O. The van der Waals surface area contributed by atoms with Crippen molar-refractivity contribution in [2.24, 2.45) is 0 Å². The second-order valence-electron chi connectivity index (χ2n) is 3.44. The molecule has 16 heavy (non-hydrogen) atoms. The van der Waals surface area contributed by atoms with Gasteiger partial charge in [0.25, 0.3) is 0 Å². The highest BCUT2D eigenvalue weighted by Crippen LogP contribution is 2.25. The molecule has 1 aromatic heterocycles. The quantitative estimate of drug-likeness (QED) is 0.831. The molecule has 80 valence electrons. The molecule has 0 fully saturated rings. The van der Waals surface area contributed by atoms with Crippen LogP contribution in [0.3, 0.4) is 0 Å². The zero-order chi connectivity index (χ0) is 11.5. The molecule has 0 saturated carbocycles. The number of carboxylic acid groups (broad SMARTS) is 1. The highest BCUT2D eigenvalue weighted by Gasteiger charge is 2.13. The van der Waals surface area contributed by atoms with E-state index in [0.717, 1.165) is 11.1 Å². The second kappa shape index (κ2) is 4.10. The molecule has 4 heteroatoms. The van der Waals surface area contributed by atoms with E-state index in [2.05, 4.69) is 10.2 Å². The predicted octanol–water partition coefficient (Wildman–Crippen LogP) is 2.15. The van der Waals surface area contributed by atoms with Gasteiger partial charge in [0, 0.05) is 5.56 Å². The topological polar surface area (TPSA) is 63.1 Å². The minimum atomic E-state index is -0.992. The number of rotatable bonds is 2. The van der Waals surface area contributed by atoms with Crippen LogP contribution in [0.5, 0.6) is 0 Å². The number of hydrogen-bond acceptors (Lipinski definition) is 3. The Kier molecular flexibility index (Phi) is 2.64. The molecule has 4 nitrogen and oxygen atoms in total. The third-order valence-corrected chi connectivity index (χ3v) is 2.40. The number of nitrogens with zero attached hydrogens (tertiary/aromatic N) is 2. The van der Waals surface area contributed by atoms with Crippen LogP contribution in [0.1, 0.15) is 15.9 Å². The summed E-state index contributed by atoms with van der Waals surface area (Å²) in [6, 6.07) is 7.59. The third kappa shape index (κ3) is 1.77. The van der Waals surface area contributed by atoms with E-state index in [1.807, 2.05) is 31.2 Å². The molecule has 0 radical (unpaired) electrons. The summed E-state index contributed by atoms with van der Waals surface area (Å²) in [5, 5.41) is 16.4. The largest absolute Gasteiger partial charge is 0.478 e. The van der Waals surface area contributed by atoms with Crippen molar-refractivity contribution in [2.75, 3.05) is 0 Å². The van der Waals surface area contributed by atoms with Crippen molar-refractivity contribution >= 4 is 5.97 Å². The molecular weight excluding hydrogens is 204 g/mol. The molecule has 0 aliphatic carbocycles. The van der Waals surface area contributed by atoms with Crippen molar-refractivity contribution in [1.82, 2.24) is 10.2 Å². The van der Waals surface area contributed by atoms with Gasteiger partial charge < -0.3 is 5.11 Å². The molecular formula is C12H10N2O2. The van der Waals surface area contributed by atoms with Crippen LogP contribution in [0.4, 0.5) is 0 Å². The van der Waals surface area contributed by atoms with Crippen molar-refractivity contribution in [3.8, 4) is 11.1 Å². The minimum Gasteiger partial charge on any atom is -0.478 e. The van der Waals surface area contributed by atoms with Gasteiger partial charge in [-0.1, -0.05) is 24.3 Å². The van der Waals surface area contributed by atoms with Gasteiger partial charge in [-0.3, -0.25) is 0 Å². The normalized spacial score (nSPS) is 10.1. The number of carbonyl (C=O) groups is 1. The van der Waals surface area contributed by atoms with E-state index in [-0.39, 0.29) is 5.56 Å². The maximum atomic E-state index is 11.0. The van der Waals surface area contributed by atoms with Gasteiger partial charge in [0.05, 0.1) is 18.0 Å². The lowest BCUT2D eigenvalue weighted by Crippen LogP contribution is -2.02. The van der Waals surface area contributed by atoms with E-state index in [1.54, 1.807) is 0 Å². The van der Waals surface area contributed by atoms with Crippen molar-refractivity contribution < 1.29 is 9.90 Å². The van der Waals surface area contributed by atoms with Gasteiger partial charge in [-0.05, 0) is 18.1 Å². The first kappa shape index (κ1) is 10.3. The summed E-state index contributed by atoms with van der Waals surface area (Å²) in [5.74, 6) is -0.992. The van der Waals surface area contributed by atoms with Gasteiger partial charge in [-0.15, -0.1) is 0 Å². The fourth-order valence-corrected chi connectivity index (χ4v) is 1.58. The number of hydrogen-bond donors (Lipinski definition) is 1. The van der Waals surface area contributed by atoms with E-state index in [1.165, 1.54) is 12.4 Å². The molecule has 0 amide bonds. The van der Waals surface area contributed by atoms with E-state index in [0.29, 0.717) is 5.56 Å². The molecule has 0 aliphatic heterocycles. The minimum absolute atomic E-state index is 0.171. The molecule has 2 rings (SSSR count). The van der Waals surface area contributed by atoms with E-state index < -0.39 is 5.97 Å². The maximum absolute atomic E-state index is 11.0. The lowest BCUT2D eigenvalue weighted by molar-refractivity contribution is 0.0697. The van der Waals surface area contributed by atoms with Crippen molar-refractivity contribution in [1.29, 1.82) is 0 Å². The smallest absolute Gasteiger partial charge is 0.338 e. The Bertz CT molecular complexity index is 538. The first-order chi connectivity index (χ1) is 7.70. The van der Waals surface area contributed by atoms with Gasteiger partial charge in [-0.25, -0.2) is 4.79 Å². The van der Waals surface area contributed by atoms with Gasteiger partial charge in [0.15, 0.2) is 0 Å². The molecule has 0 bridgehead atoms. The highest BCUT2D eigenvalue weighted by atomic mass is 16.4. The number of aryl methyl sites for hydroxylation is 1. The van der Waals surface area contributed by atoms with Crippen molar-refractivity contribution in [3.63, 3.8) is 0 Å². The van der Waals surface area contributed by atoms with E-state index >= 15 is 0 Å². The Morgan fingerprint density at radius 1 is 1.12 bits per heavy atom. The molecule has 0 aliphatic rings. The fraction of sp³-hybridized carbons (Fsp3) is 0.0833. The average Bonchev–Trinajstić information content (AvgIpc) is 2.29. The van der Waals surface area contributed by atoms with Crippen LogP contribution in [0.15, 0.2) is 36.7 Å². The van der Waals surface area contributed by atoms with Crippen LogP contribution >= 0.6 is 0 Å². The molecule has 0 atom stereocenters. The third-order valence-electron chi connectivity index (χ3n) is 2.40. The summed E-state index contributed by atoms with van der Waals surface area (Å²) in [4.78, 5) is 11.0. The van der Waals surface area contributed by atoms with Crippen molar-refractivity contribution in [2.45, 2.75) is 6.92 Å². The van der Waals surface area contributed by atoms with Crippen molar-refractivity contribution in [3.05, 3.63) is 47.8 Å². The number of carboxylic acids is 1. The summed E-state index contributed by atoms with van der Waals surface area (Å²) >= 11 is 0. The van der Waals surface area contributed by atoms with Crippen LogP contribution in [0, 0.1) is 6.92 Å². The molecule has 2 aromatic rings. The van der Waals surface area contributed by atoms with Crippen LogP contribution in [-0.2, 0) is 0 Å². The summed E-state index contributed by atoms with van der Waals surface area (Å²) in [5.41, 5.74) is 2.65. The average molecular weight is 214 g/mol. The Balaban J connectivity index is 2.65. The molecule has 0 unspecified atom stereocenters. The number of aromatic carboxylic acids is 1. The number of benzene rings is 1.